The molecule has 148 valence electrons. The second-order valence-electron chi connectivity index (χ2n) is 6.23. The summed E-state index contributed by atoms with van der Waals surface area (Å²) in [5.41, 5.74) is 1.28. The summed E-state index contributed by atoms with van der Waals surface area (Å²) in [4.78, 5) is 4.23. The lowest BCUT2D eigenvalue weighted by atomic mass is 10.1. The fourth-order valence-corrected chi connectivity index (χ4v) is 3.70. The first-order valence-corrected chi connectivity index (χ1v) is 9.85. The zero-order valence-corrected chi connectivity index (χ0v) is 15.6. The van der Waals surface area contributed by atoms with Crippen LogP contribution in [-0.2, 0) is 35.5 Å². The minimum Gasteiger partial charge on any atom is -0.275 e. The van der Waals surface area contributed by atoms with Gasteiger partial charge >= 0.3 is 6.18 Å². The number of pyridine rings is 1. The lowest BCUT2D eigenvalue weighted by molar-refractivity contribution is -0.137. The number of aryl methyl sites for hydroxylation is 1. The molecule has 2 heterocycles. The van der Waals surface area contributed by atoms with Gasteiger partial charge in [-0.25, -0.2) is 13.1 Å². The highest BCUT2D eigenvalue weighted by Crippen LogP contribution is 2.29. The molecule has 28 heavy (non-hydrogen) atoms. The van der Waals surface area contributed by atoms with Crippen LogP contribution in [0, 0.1) is 0 Å². The van der Waals surface area contributed by atoms with Crippen molar-refractivity contribution in [1.82, 2.24) is 19.5 Å². The fraction of sp³-hybridized carbons (Fsp3) is 0.222. The van der Waals surface area contributed by atoms with E-state index in [0.717, 1.165) is 17.7 Å². The van der Waals surface area contributed by atoms with E-state index in [9.17, 15) is 21.6 Å². The fourth-order valence-electron chi connectivity index (χ4n) is 2.60. The number of hydrogen-bond acceptors (Lipinski definition) is 4. The van der Waals surface area contributed by atoms with Crippen molar-refractivity contribution in [1.29, 1.82) is 0 Å². The van der Waals surface area contributed by atoms with E-state index in [0.29, 0.717) is 11.3 Å². The molecule has 0 atom stereocenters. The van der Waals surface area contributed by atoms with Crippen LogP contribution in [0.5, 0.6) is 0 Å². The van der Waals surface area contributed by atoms with E-state index in [-0.39, 0.29) is 12.1 Å². The summed E-state index contributed by atoms with van der Waals surface area (Å²) < 4.78 is 66.9. The second-order valence-corrected chi connectivity index (χ2v) is 8.04. The quantitative estimate of drug-likeness (QED) is 0.678. The molecule has 0 unspecified atom stereocenters. The van der Waals surface area contributed by atoms with E-state index in [4.69, 9.17) is 0 Å². The monoisotopic (exact) mass is 410 g/mol. The van der Waals surface area contributed by atoms with E-state index >= 15 is 0 Å². The van der Waals surface area contributed by atoms with Crippen LogP contribution in [0.4, 0.5) is 13.2 Å². The van der Waals surface area contributed by atoms with Crippen molar-refractivity contribution in [3.63, 3.8) is 0 Å². The summed E-state index contributed by atoms with van der Waals surface area (Å²) in [7, 11) is -2.05. The second kappa shape index (κ2) is 7.72. The molecule has 0 aliphatic rings. The Bertz CT molecular complexity index is 1080. The molecule has 0 saturated heterocycles. The summed E-state index contributed by atoms with van der Waals surface area (Å²) in [5.74, 6) is -0.544. The zero-order valence-electron chi connectivity index (χ0n) is 14.8. The van der Waals surface area contributed by atoms with Crippen molar-refractivity contribution in [2.45, 2.75) is 18.5 Å². The number of nitrogens with zero attached hydrogens (tertiary/aromatic N) is 3. The molecular formula is C18H17F3N4O2S. The van der Waals surface area contributed by atoms with Crippen LogP contribution < -0.4 is 4.72 Å². The minimum atomic E-state index is -4.52. The predicted octanol–water partition coefficient (Wildman–Crippen LogP) is 3.12. The van der Waals surface area contributed by atoms with Gasteiger partial charge in [-0.3, -0.25) is 9.67 Å². The minimum absolute atomic E-state index is 0.00290. The number of rotatable bonds is 6. The number of hydrogen-bond donors (Lipinski definition) is 1. The Morgan fingerprint density at radius 3 is 2.61 bits per heavy atom. The molecule has 0 aliphatic heterocycles. The van der Waals surface area contributed by atoms with E-state index in [1.165, 1.54) is 12.1 Å². The summed E-state index contributed by atoms with van der Waals surface area (Å²) in [6.45, 7) is -0.00290. The van der Waals surface area contributed by atoms with Crippen LogP contribution in [0.3, 0.4) is 0 Å². The van der Waals surface area contributed by atoms with Crippen LogP contribution in [0.25, 0.3) is 11.3 Å². The topological polar surface area (TPSA) is 76.9 Å². The Balaban J connectivity index is 1.69. The molecular weight excluding hydrogens is 393 g/mol. The Labute approximate surface area is 160 Å². The average Bonchev–Trinajstić information content (AvgIpc) is 3.06. The maximum Gasteiger partial charge on any atom is 0.416 e. The molecule has 10 heteroatoms. The molecule has 0 bridgehead atoms. The van der Waals surface area contributed by atoms with Gasteiger partial charge in [0.15, 0.2) is 0 Å². The predicted molar refractivity (Wildman–Crippen MR) is 97.3 cm³/mol. The van der Waals surface area contributed by atoms with Gasteiger partial charge in [-0.2, -0.15) is 18.3 Å². The van der Waals surface area contributed by atoms with Crippen LogP contribution >= 0.6 is 0 Å². The number of nitrogens with one attached hydrogen (secondary N) is 1. The molecule has 3 rings (SSSR count). The van der Waals surface area contributed by atoms with Gasteiger partial charge in [-0.15, -0.1) is 0 Å². The van der Waals surface area contributed by atoms with Gasteiger partial charge in [0.05, 0.1) is 23.2 Å². The van der Waals surface area contributed by atoms with E-state index in [1.54, 1.807) is 42.5 Å². The third-order valence-corrected chi connectivity index (χ3v) is 5.23. The van der Waals surface area contributed by atoms with Crippen molar-refractivity contribution >= 4 is 10.0 Å². The Hall–Kier alpha value is -2.72. The van der Waals surface area contributed by atoms with Gasteiger partial charge in [0.2, 0.25) is 10.0 Å². The van der Waals surface area contributed by atoms with E-state index in [2.05, 4.69) is 14.8 Å². The first kappa shape index (κ1) is 20.0. The molecule has 1 N–H and O–H groups in total. The third kappa shape index (κ3) is 5.17. The van der Waals surface area contributed by atoms with Gasteiger partial charge in [0.25, 0.3) is 0 Å². The van der Waals surface area contributed by atoms with E-state index in [1.807, 2.05) is 0 Å². The lowest BCUT2D eigenvalue weighted by Crippen LogP contribution is -2.25. The van der Waals surface area contributed by atoms with Crippen LogP contribution in [0.2, 0.25) is 0 Å². The van der Waals surface area contributed by atoms with Gasteiger partial charge in [0, 0.05) is 31.5 Å². The number of halogens is 3. The molecule has 0 saturated carbocycles. The lowest BCUT2D eigenvalue weighted by Gasteiger charge is -2.10. The summed E-state index contributed by atoms with van der Waals surface area (Å²) in [6, 6.07) is 7.67. The van der Waals surface area contributed by atoms with Gasteiger partial charge in [0.1, 0.15) is 0 Å². The maximum absolute atomic E-state index is 12.8. The molecule has 2 aromatic heterocycles. The molecule has 0 fully saturated rings. The van der Waals surface area contributed by atoms with E-state index < -0.39 is 27.5 Å². The van der Waals surface area contributed by atoms with Crippen molar-refractivity contribution in [2.75, 3.05) is 0 Å². The molecule has 0 aliphatic carbocycles. The molecule has 1 aromatic carbocycles. The highest BCUT2D eigenvalue weighted by atomic mass is 32.2. The van der Waals surface area contributed by atoms with Crippen LogP contribution in [0.1, 0.15) is 16.7 Å². The number of alkyl halides is 3. The smallest absolute Gasteiger partial charge is 0.275 e. The van der Waals surface area contributed by atoms with Gasteiger partial charge in [-0.1, -0.05) is 18.2 Å². The first-order chi connectivity index (χ1) is 13.1. The third-order valence-electron chi connectivity index (χ3n) is 3.93. The van der Waals surface area contributed by atoms with Crippen molar-refractivity contribution in [3.05, 3.63) is 71.7 Å². The molecule has 3 aromatic rings. The molecule has 0 spiro atoms. The molecule has 0 radical (unpaired) electrons. The van der Waals surface area contributed by atoms with Crippen molar-refractivity contribution in [3.8, 4) is 11.3 Å². The number of benzene rings is 1. The largest absolute Gasteiger partial charge is 0.416 e. The zero-order chi connectivity index (χ0) is 20.4. The summed E-state index contributed by atoms with van der Waals surface area (Å²) in [6.07, 6.45) is 0.458. The first-order valence-electron chi connectivity index (χ1n) is 8.20. The number of sulfonamides is 1. The summed E-state index contributed by atoms with van der Waals surface area (Å²) >= 11 is 0. The summed E-state index contributed by atoms with van der Waals surface area (Å²) in [5, 5.41) is 4.06. The average molecular weight is 410 g/mol. The standard InChI is InChI=1S/C18H17F3N4O2S/c1-25-11-15(10-23-25)17-8-13(5-6-22-17)9-24-28(26,27)12-14-3-2-4-16(7-14)18(19,20)21/h2-8,10-11,24H,9,12H2,1H3. The van der Waals surface area contributed by atoms with Crippen molar-refractivity contribution in [2.24, 2.45) is 7.05 Å². The van der Waals surface area contributed by atoms with Crippen LogP contribution in [0.15, 0.2) is 55.0 Å². The Kier molecular flexibility index (Phi) is 5.52. The normalized spacial score (nSPS) is 12.3. The highest BCUT2D eigenvalue weighted by molar-refractivity contribution is 7.88. The highest BCUT2D eigenvalue weighted by Gasteiger charge is 2.30. The van der Waals surface area contributed by atoms with Gasteiger partial charge in [-0.05, 0) is 29.3 Å². The Morgan fingerprint density at radius 2 is 1.93 bits per heavy atom. The SMILES string of the molecule is Cn1cc(-c2cc(CNS(=O)(=O)Cc3cccc(C(F)(F)F)c3)ccn2)cn1. The van der Waals surface area contributed by atoms with Crippen molar-refractivity contribution < 1.29 is 21.6 Å². The maximum atomic E-state index is 12.8. The Morgan fingerprint density at radius 1 is 1.14 bits per heavy atom. The van der Waals surface area contributed by atoms with Crippen LogP contribution in [-0.4, -0.2) is 23.2 Å². The molecule has 6 nitrogen and oxygen atoms in total. The molecule has 0 amide bonds. The van der Waals surface area contributed by atoms with Gasteiger partial charge < -0.3 is 0 Å². The number of aromatic nitrogens is 3.